The van der Waals surface area contributed by atoms with Crippen molar-refractivity contribution in [3.63, 3.8) is 0 Å². The summed E-state index contributed by atoms with van der Waals surface area (Å²) in [5, 5.41) is 3.40. The van der Waals surface area contributed by atoms with Gasteiger partial charge in [-0.05, 0) is 39.3 Å². The molecular weight excluding hydrogens is 260 g/mol. The normalized spacial score (nSPS) is 22.8. The fraction of sp³-hybridized carbons (Fsp3) is 0.533. The zero-order valence-corrected chi connectivity index (χ0v) is 12.9. The summed E-state index contributed by atoms with van der Waals surface area (Å²) >= 11 is 0. The van der Waals surface area contributed by atoms with Crippen LogP contribution in [0.2, 0.25) is 0 Å². The first-order valence-corrected chi connectivity index (χ1v) is 6.60. The molecule has 0 spiro atoms. The molecule has 2 atom stereocenters. The minimum Gasteiger partial charge on any atom is -0.333 e. The van der Waals surface area contributed by atoms with Gasteiger partial charge in [0.25, 0.3) is 5.91 Å². The second kappa shape index (κ2) is 6.40. The van der Waals surface area contributed by atoms with E-state index in [9.17, 15) is 4.79 Å². The first kappa shape index (κ1) is 16.0. The average Bonchev–Trinajstić information content (AvgIpc) is 2.31. The van der Waals surface area contributed by atoms with Crippen LogP contribution >= 0.6 is 12.4 Å². The number of nitrogens with one attached hydrogen (secondary N) is 1. The molecular formula is C15H23ClN2O. The number of benzene rings is 1. The standard InChI is InChI=1S/C15H22N2O.ClH/c1-10-5-6-14(11(2)7-10)15(18)17-9-12(3)16-8-13(17)4;/h5-7,12-13,16H,8-9H2,1-4H3;1H. The summed E-state index contributed by atoms with van der Waals surface area (Å²) in [5.41, 5.74) is 3.10. The van der Waals surface area contributed by atoms with Crippen molar-refractivity contribution in [1.82, 2.24) is 10.2 Å². The molecule has 1 amide bonds. The van der Waals surface area contributed by atoms with E-state index < -0.39 is 0 Å². The van der Waals surface area contributed by atoms with Crippen LogP contribution in [0, 0.1) is 13.8 Å². The molecule has 1 aliphatic heterocycles. The third-order valence-corrected chi connectivity index (χ3v) is 3.64. The van der Waals surface area contributed by atoms with E-state index in [4.69, 9.17) is 0 Å². The van der Waals surface area contributed by atoms with Crippen LogP contribution in [0.3, 0.4) is 0 Å². The zero-order valence-electron chi connectivity index (χ0n) is 12.1. The highest BCUT2D eigenvalue weighted by Gasteiger charge is 2.27. The van der Waals surface area contributed by atoms with Crippen molar-refractivity contribution >= 4 is 18.3 Å². The number of piperazine rings is 1. The quantitative estimate of drug-likeness (QED) is 0.859. The Balaban J connectivity index is 0.00000180. The molecule has 1 saturated heterocycles. The monoisotopic (exact) mass is 282 g/mol. The van der Waals surface area contributed by atoms with Gasteiger partial charge in [0.05, 0.1) is 0 Å². The Morgan fingerprint density at radius 1 is 1.32 bits per heavy atom. The second-order valence-electron chi connectivity index (χ2n) is 5.43. The maximum atomic E-state index is 12.6. The van der Waals surface area contributed by atoms with Gasteiger partial charge in [-0.2, -0.15) is 0 Å². The van der Waals surface area contributed by atoms with Gasteiger partial charge in [-0.15, -0.1) is 12.4 Å². The Kier molecular flexibility index (Phi) is 5.39. The van der Waals surface area contributed by atoms with Crippen LogP contribution in [0.25, 0.3) is 0 Å². The second-order valence-corrected chi connectivity index (χ2v) is 5.43. The van der Waals surface area contributed by atoms with Crippen molar-refractivity contribution < 1.29 is 4.79 Å². The summed E-state index contributed by atoms with van der Waals surface area (Å²) in [6, 6.07) is 6.66. The lowest BCUT2D eigenvalue weighted by Gasteiger charge is -2.37. The highest BCUT2D eigenvalue weighted by atomic mass is 35.5. The van der Waals surface area contributed by atoms with Gasteiger partial charge in [-0.1, -0.05) is 17.7 Å². The highest BCUT2D eigenvalue weighted by molar-refractivity contribution is 5.96. The lowest BCUT2D eigenvalue weighted by atomic mass is 10.0. The number of carbonyl (C=O) groups excluding carboxylic acids is 1. The number of rotatable bonds is 1. The Hall–Kier alpha value is -1.06. The molecule has 0 radical (unpaired) electrons. The van der Waals surface area contributed by atoms with E-state index in [0.717, 1.165) is 24.2 Å². The summed E-state index contributed by atoms with van der Waals surface area (Å²) in [6.07, 6.45) is 0. The molecule has 1 fully saturated rings. The lowest BCUT2D eigenvalue weighted by Crippen LogP contribution is -2.56. The smallest absolute Gasteiger partial charge is 0.254 e. The Bertz CT molecular complexity index is 461. The minimum absolute atomic E-state index is 0. The molecule has 2 unspecified atom stereocenters. The number of halogens is 1. The predicted molar refractivity (Wildman–Crippen MR) is 81.1 cm³/mol. The molecule has 1 aliphatic rings. The van der Waals surface area contributed by atoms with Crippen molar-refractivity contribution in [3.05, 3.63) is 34.9 Å². The van der Waals surface area contributed by atoms with Gasteiger partial charge >= 0.3 is 0 Å². The van der Waals surface area contributed by atoms with Crippen molar-refractivity contribution in [3.8, 4) is 0 Å². The Morgan fingerprint density at radius 3 is 2.63 bits per heavy atom. The number of carbonyl (C=O) groups is 1. The fourth-order valence-corrected chi connectivity index (χ4v) is 2.51. The maximum Gasteiger partial charge on any atom is 0.254 e. The molecule has 4 heteroatoms. The Labute approximate surface area is 121 Å². The van der Waals surface area contributed by atoms with Gasteiger partial charge in [-0.25, -0.2) is 0 Å². The van der Waals surface area contributed by atoms with Crippen LogP contribution in [0.15, 0.2) is 18.2 Å². The summed E-state index contributed by atoms with van der Waals surface area (Å²) in [5.74, 6) is 0.161. The number of amides is 1. The van der Waals surface area contributed by atoms with E-state index in [1.165, 1.54) is 5.56 Å². The first-order chi connectivity index (χ1) is 8.49. The molecule has 1 heterocycles. The first-order valence-electron chi connectivity index (χ1n) is 6.60. The summed E-state index contributed by atoms with van der Waals surface area (Å²) < 4.78 is 0. The van der Waals surface area contributed by atoms with E-state index in [-0.39, 0.29) is 24.4 Å². The average molecular weight is 283 g/mol. The third-order valence-electron chi connectivity index (χ3n) is 3.64. The molecule has 3 nitrogen and oxygen atoms in total. The minimum atomic E-state index is 0. The van der Waals surface area contributed by atoms with Gasteiger partial charge in [0.15, 0.2) is 0 Å². The van der Waals surface area contributed by atoms with E-state index in [2.05, 4.69) is 32.2 Å². The summed E-state index contributed by atoms with van der Waals surface area (Å²) in [6.45, 7) is 9.94. The highest BCUT2D eigenvalue weighted by Crippen LogP contribution is 2.16. The van der Waals surface area contributed by atoms with Crippen LogP contribution in [-0.2, 0) is 0 Å². The number of hydrogen-bond acceptors (Lipinski definition) is 2. The van der Waals surface area contributed by atoms with Gasteiger partial charge in [0.1, 0.15) is 0 Å². The van der Waals surface area contributed by atoms with Crippen LogP contribution in [-0.4, -0.2) is 36.0 Å². The molecule has 0 aliphatic carbocycles. The molecule has 1 aromatic carbocycles. The Morgan fingerprint density at radius 2 is 2.00 bits per heavy atom. The fourth-order valence-electron chi connectivity index (χ4n) is 2.51. The number of aryl methyl sites for hydroxylation is 2. The molecule has 0 bridgehead atoms. The van der Waals surface area contributed by atoms with E-state index in [1.807, 2.05) is 24.0 Å². The van der Waals surface area contributed by atoms with Gasteiger partial charge in [0, 0.05) is 30.7 Å². The molecule has 19 heavy (non-hydrogen) atoms. The SMILES string of the molecule is Cc1ccc(C(=O)N2CC(C)NCC2C)c(C)c1.Cl. The molecule has 1 N–H and O–H groups in total. The van der Waals surface area contributed by atoms with E-state index in [0.29, 0.717) is 6.04 Å². The summed E-state index contributed by atoms with van der Waals surface area (Å²) in [7, 11) is 0. The van der Waals surface area contributed by atoms with Crippen molar-refractivity contribution in [1.29, 1.82) is 0 Å². The largest absolute Gasteiger partial charge is 0.333 e. The van der Waals surface area contributed by atoms with Crippen LogP contribution < -0.4 is 5.32 Å². The van der Waals surface area contributed by atoms with Crippen LogP contribution in [0.1, 0.15) is 35.3 Å². The topological polar surface area (TPSA) is 32.3 Å². The van der Waals surface area contributed by atoms with Gasteiger partial charge in [-0.3, -0.25) is 4.79 Å². The van der Waals surface area contributed by atoms with Crippen molar-refractivity contribution in [2.75, 3.05) is 13.1 Å². The van der Waals surface area contributed by atoms with E-state index >= 15 is 0 Å². The molecule has 1 aromatic rings. The third kappa shape index (κ3) is 3.48. The maximum absolute atomic E-state index is 12.6. The van der Waals surface area contributed by atoms with Crippen molar-refractivity contribution in [2.45, 2.75) is 39.8 Å². The van der Waals surface area contributed by atoms with Crippen molar-refractivity contribution in [2.24, 2.45) is 0 Å². The molecule has 2 rings (SSSR count). The molecule has 0 aromatic heterocycles. The zero-order chi connectivity index (χ0) is 13.3. The lowest BCUT2D eigenvalue weighted by molar-refractivity contribution is 0.0615. The number of hydrogen-bond donors (Lipinski definition) is 1. The number of nitrogens with zero attached hydrogens (tertiary/aromatic N) is 1. The predicted octanol–water partition coefficient (Wildman–Crippen LogP) is 2.55. The summed E-state index contributed by atoms with van der Waals surface area (Å²) in [4.78, 5) is 14.6. The molecule has 0 saturated carbocycles. The molecule has 106 valence electrons. The van der Waals surface area contributed by atoms with Gasteiger partial charge in [0.2, 0.25) is 0 Å². The van der Waals surface area contributed by atoms with E-state index in [1.54, 1.807) is 0 Å². The van der Waals surface area contributed by atoms with Gasteiger partial charge < -0.3 is 10.2 Å². The van der Waals surface area contributed by atoms with Crippen LogP contribution in [0.5, 0.6) is 0 Å². The van der Waals surface area contributed by atoms with Crippen LogP contribution in [0.4, 0.5) is 0 Å².